The molecule has 3 aromatic heterocycles. The Kier molecular flexibility index (Phi) is 7.07. The van der Waals surface area contributed by atoms with Crippen molar-refractivity contribution in [2.75, 3.05) is 5.73 Å². The van der Waals surface area contributed by atoms with E-state index in [9.17, 15) is 5.11 Å². The predicted octanol–water partition coefficient (Wildman–Crippen LogP) is 5.68. The van der Waals surface area contributed by atoms with Crippen LogP contribution in [0, 0.1) is 5.53 Å². The molecule has 0 saturated carbocycles. The van der Waals surface area contributed by atoms with Crippen LogP contribution in [0.15, 0.2) is 96.4 Å². The maximum absolute atomic E-state index is 10.3. The molecule has 0 unspecified atom stereocenters. The van der Waals surface area contributed by atoms with E-state index in [-0.39, 0.29) is 17.2 Å². The molecule has 3 heterocycles. The van der Waals surface area contributed by atoms with Gasteiger partial charge < -0.3 is 16.2 Å². The zero-order chi connectivity index (χ0) is 27.4. The minimum Gasteiger partial charge on any atom is -0.384 e. The minimum absolute atomic E-state index is 0.159. The molecule has 0 atom stereocenters. The molecule has 0 amide bonds. The summed E-state index contributed by atoms with van der Waals surface area (Å²) >= 11 is 0. The number of nitrogens with two attached hydrogens (primary N) is 1. The number of pyridine rings is 2. The van der Waals surface area contributed by atoms with Gasteiger partial charge in [-0.15, -0.1) is 0 Å². The third kappa shape index (κ3) is 5.63. The smallest absolute Gasteiger partial charge is 0.152 e. The number of nitrogens with zero attached hydrogens (tertiary/aromatic N) is 5. The molecule has 0 bridgehead atoms. The molecule has 2 aromatic carbocycles. The van der Waals surface area contributed by atoms with E-state index < -0.39 is 5.60 Å². The van der Waals surface area contributed by atoms with E-state index in [1.807, 2.05) is 72.8 Å². The lowest BCUT2D eigenvalue weighted by atomic mass is 10.0. The Balaban J connectivity index is 1.54. The fourth-order valence-electron chi connectivity index (χ4n) is 4.18. The zero-order valence-corrected chi connectivity index (χ0v) is 21.6. The summed E-state index contributed by atoms with van der Waals surface area (Å²) in [6.07, 6.45) is 3.33. The van der Waals surface area contributed by atoms with Gasteiger partial charge in [0.1, 0.15) is 17.0 Å². The van der Waals surface area contributed by atoms with Crippen molar-refractivity contribution in [3.8, 4) is 22.5 Å². The van der Waals surface area contributed by atoms with E-state index in [0.29, 0.717) is 23.6 Å². The number of nitrogen functional groups attached to an aromatic ring is 1. The van der Waals surface area contributed by atoms with E-state index in [0.717, 1.165) is 27.7 Å². The van der Waals surface area contributed by atoms with Gasteiger partial charge in [0.15, 0.2) is 5.82 Å². The van der Waals surface area contributed by atoms with Gasteiger partial charge in [-0.2, -0.15) is 5.11 Å². The first-order valence-electron chi connectivity index (χ1n) is 12.4. The first-order chi connectivity index (χ1) is 18.8. The van der Waals surface area contributed by atoms with Crippen molar-refractivity contribution in [3.63, 3.8) is 0 Å². The van der Waals surface area contributed by atoms with E-state index in [1.54, 1.807) is 32.3 Å². The number of fused-ring (bicyclic) bond motifs is 1. The van der Waals surface area contributed by atoms with Crippen molar-refractivity contribution in [3.05, 3.63) is 108 Å². The zero-order valence-electron chi connectivity index (χ0n) is 21.6. The van der Waals surface area contributed by atoms with Crippen molar-refractivity contribution in [1.82, 2.24) is 25.3 Å². The van der Waals surface area contributed by atoms with Crippen LogP contribution in [0.1, 0.15) is 30.9 Å². The highest BCUT2D eigenvalue weighted by molar-refractivity contribution is 5.88. The van der Waals surface area contributed by atoms with Crippen LogP contribution in [0.4, 0.5) is 5.82 Å². The molecular weight excluding hydrogens is 488 g/mol. The summed E-state index contributed by atoms with van der Waals surface area (Å²) < 4.78 is 0. The Morgan fingerprint density at radius 1 is 0.949 bits per heavy atom. The molecule has 9 heteroatoms. The van der Waals surface area contributed by atoms with Crippen LogP contribution in [-0.2, 0) is 12.1 Å². The summed E-state index contributed by atoms with van der Waals surface area (Å²) in [4.78, 5) is 18.5. The summed E-state index contributed by atoms with van der Waals surface area (Å²) in [5.41, 5.74) is 18.8. The van der Waals surface area contributed by atoms with Crippen LogP contribution < -0.4 is 11.1 Å². The molecule has 0 aliphatic carbocycles. The van der Waals surface area contributed by atoms with Crippen LogP contribution in [0.5, 0.6) is 0 Å². The highest BCUT2D eigenvalue weighted by Crippen LogP contribution is 2.34. The first kappa shape index (κ1) is 25.6. The second kappa shape index (κ2) is 10.8. The lowest BCUT2D eigenvalue weighted by molar-refractivity contribution is 0.0736. The number of hydrogen-bond acceptors (Lipinski definition) is 9. The molecule has 0 aliphatic heterocycles. The largest absolute Gasteiger partial charge is 0.384 e. The van der Waals surface area contributed by atoms with E-state index in [1.165, 1.54) is 0 Å². The van der Waals surface area contributed by atoms with Gasteiger partial charge in [0, 0.05) is 28.9 Å². The molecule has 9 nitrogen and oxygen atoms in total. The van der Waals surface area contributed by atoms with E-state index in [4.69, 9.17) is 21.2 Å². The summed E-state index contributed by atoms with van der Waals surface area (Å²) in [7, 11) is 0. The number of aromatic nitrogens is 4. The van der Waals surface area contributed by atoms with Gasteiger partial charge in [-0.25, -0.2) is 15.5 Å². The van der Waals surface area contributed by atoms with Crippen LogP contribution in [0.2, 0.25) is 0 Å². The van der Waals surface area contributed by atoms with Crippen LogP contribution in [0.3, 0.4) is 0 Å². The Morgan fingerprint density at radius 3 is 2.51 bits per heavy atom. The Hall–Kier alpha value is -5.02. The van der Waals surface area contributed by atoms with Gasteiger partial charge >= 0.3 is 0 Å². The molecule has 0 aliphatic rings. The maximum Gasteiger partial charge on any atom is 0.152 e. The average molecular weight is 517 g/mol. The van der Waals surface area contributed by atoms with E-state index in [2.05, 4.69) is 20.4 Å². The third-order valence-corrected chi connectivity index (χ3v) is 6.17. The Morgan fingerprint density at radius 2 is 1.74 bits per heavy atom. The Labute approximate surface area is 226 Å². The van der Waals surface area contributed by atoms with Crippen LogP contribution >= 0.6 is 0 Å². The van der Waals surface area contributed by atoms with Gasteiger partial charge in [0.05, 0.1) is 34.8 Å². The van der Waals surface area contributed by atoms with E-state index >= 15 is 0 Å². The number of nitrogens with one attached hydrogen (secondary N) is 2. The fourth-order valence-corrected chi connectivity index (χ4v) is 4.18. The molecule has 5 N–H and O–H groups in total. The topological polar surface area (TPSA) is 146 Å². The second-order valence-corrected chi connectivity index (χ2v) is 9.53. The summed E-state index contributed by atoms with van der Waals surface area (Å²) in [5, 5.41) is 18.1. The molecule has 0 spiro atoms. The molecule has 39 heavy (non-hydrogen) atoms. The molecular formula is C30H28N8O. The van der Waals surface area contributed by atoms with Crippen LogP contribution in [-0.4, -0.2) is 25.0 Å². The first-order valence-corrected chi connectivity index (χ1v) is 12.4. The highest BCUT2D eigenvalue weighted by Gasteiger charge is 2.19. The molecule has 0 saturated heterocycles. The minimum atomic E-state index is -1.05. The maximum atomic E-state index is 10.3. The number of hydrogen-bond donors (Lipinski definition) is 4. The number of benzene rings is 2. The van der Waals surface area contributed by atoms with Gasteiger partial charge in [0.25, 0.3) is 0 Å². The standard InChI is InChI=1S/C30H28N8O/c1-30(2,39)25-12-6-11-22(35-25)17-33-18-24(38-32)28-29(31)37-26(19-8-4-3-5-9-19)27(36-28)21-13-14-23-20(16-21)10-7-15-34-23/h3-16,18,32-33,39H,17H2,1-2H3,(H2,31,37)/b24-18-,38-32?. The second-order valence-electron chi connectivity index (χ2n) is 9.53. The molecule has 5 aromatic rings. The number of rotatable bonds is 8. The van der Waals surface area contributed by atoms with Crippen molar-refractivity contribution in [2.24, 2.45) is 5.11 Å². The van der Waals surface area contributed by atoms with Crippen molar-refractivity contribution in [2.45, 2.75) is 26.0 Å². The summed E-state index contributed by atoms with van der Waals surface area (Å²) in [6.45, 7) is 3.73. The average Bonchev–Trinajstić information content (AvgIpc) is 2.95. The normalized spacial score (nSPS) is 11.9. The fraction of sp³-hybridized carbons (Fsp3) is 0.133. The van der Waals surface area contributed by atoms with Crippen molar-refractivity contribution < 1.29 is 5.11 Å². The predicted molar refractivity (Wildman–Crippen MR) is 152 cm³/mol. The van der Waals surface area contributed by atoms with Crippen LogP contribution in [0.25, 0.3) is 39.1 Å². The molecule has 5 rings (SSSR count). The number of aliphatic hydroxyl groups is 1. The van der Waals surface area contributed by atoms with Crippen molar-refractivity contribution in [1.29, 1.82) is 5.53 Å². The molecule has 0 fully saturated rings. The monoisotopic (exact) mass is 516 g/mol. The highest BCUT2D eigenvalue weighted by atomic mass is 16.3. The van der Waals surface area contributed by atoms with Gasteiger partial charge in [-0.1, -0.05) is 48.5 Å². The third-order valence-electron chi connectivity index (χ3n) is 6.17. The molecule has 194 valence electrons. The Bertz CT molecular complexity index is 1680. The van der Waals surface area contributed by atoms with Gasteiger partial charge in [0.2, 0.25) is 0 Å². The SMILES string of the molecule is CC(C)(O)c1cccc(CN/C=C(\N=N)c2nc(-c3ccc4ncccc4c3)c(-c3ccccc3)nc2N)n1. The lowest BCUT2D eigenvalue weighted by Crippen LogP contribution is -2.19. The van der Waals surface area contributed by atoms with Gasteiger partial charge in [-0.05, 0) is 44.2 Å². The van der Waals surface area contributed by atoms with Crippen molar-refractivity contribution >= 4 is 22.4 Å². The number of anilines is 1. The summed E-state index contributed by atoms with van der Waals surface area (Å²) in [5.74, 6) is 0.159. The lowest BCUT2D eigenvalue weighted by Gasteiger charge is -2.17. The molecule has 0 radical (unpaired) electrons. The quantitative estimate of drug-likeness (QED) is 0.194. The summed E-state index contributed by atoms with van der Waals surface area (Å²) in [6, 6.07) is 25.0. The van der Waals surface area contributed by atoms with Gasteiger partial charge in [-0.3, -0.25) is 9.97 Å².